The van der Waals surface area contributed by atoms with Gasteiger partial charge in [-0.2, -0.15) is 13.2 Å². The number of aromatic amines is 1. The minimum absolute atomic E-state index is 0.186. The average Bonchev–Trinajstić information content (AvgIpc) is 3.12. The van der Waals surface area contributed by atoms with E-state index in [-0.39, 0.29) is 15.6 Å². The number of nitro benzene ring substituents is 1. The van der Waals surface area contributed by atoms with E-state index in [2.05, 4.69) is 15.0 Å². The third-order valence-corrected chi connectivity index (χ3v) is 5.11. The Kier molecular flexibility index (Phi) is 4.71. The molecule has 0 aliphatic heterocycles. The molecule has 6 nitrogen and oxygen atoms in total. The van der Waals surface area contributed by atoms with Gasteiger partial charge in [-0.15, -0.1) is 0 Å². The third kappa shape index (κ3) is 3.92. The first kappa shape index (κ1) is 18.9. The van der Waals surface area contributed by atoms with Gasteiger partial charge in [-0.05, 0) is 36.4 Å². The number of benzene rings is 2. The lowest BCUT2D eigenvalue weighted by atomic mass is 10.2. The Hall–Kier alpha value is -3.40. The fraction of sp³-hybridized carbons (Fsp3) is 0.0526. The average molecular weight is 416 g/mol. The van der Waals surface area contributed by atoms with E-state index in [4.69, 9.17) is 0 Å². The van der Waals surface area contributed by atoms with Crippen LogP contribution in [0.5, 0.6) is 0 Å². The van der Waals surface area contributed by atoms with Gasteiger partial charge in [-0.3, -0.25) is 10.1 Å². The van der Waals surface area contributed by atoms with Crippen LogP contribution in [0.1, 0.15) is 5.56 Å². The van der Waals surface area contributed by atoms with Gasteiger partial charge in [0.15, 0.2) is 0 Å². The number of hydrogen-bond acceptors (Lipinski definition) is 5. The van der Waals surface area contributed by atoms with Crippen LogP contribution in [0.25, 0.3) is 22.4 Å². The molecule has 2 heterocycles. The van der Waals surface area contributed by atoms with Crippen LogP contribution in [0.15, 0.2) is 70.7 Å². The summed E-state index contributed by atoms with van der Waals surface area (Å²) in [6, 6.07) is 14.0. The van der Waals surface area contributed by atoms with Gasteiger partial charge in [0.2, 0.25) is 0 Å². The number of halogens is 3. The molecule has 0 atom stereocenters. The summed E-state index contributed by atoms with van der Waals surface area (Å²) in [6.45, 7) is 0. The van der Waals surface area contributed by atoms with Crippen molar-refractivity contribution < 1.29 is 18.1 Å². The topological polar surface area (TPSA) is 84.7 Å². The maximum atomic E-state index is 12.7. The predicted molar refractivity (Wildman–Crippen MR) is 102 cm³/mol. The standard InChI is InChI=1S/C19H11F3N4O2S/c20-19(21,22)12-6-8-17(23-10-12)29-16-7-5-11(9-15(16)26(27)28)18-24-13-3-1-2-4-14(13)25-18/h1-10H,(H,24,25). The second-order valence-corrected chi connectivity index (χ2v) is 7.09. The Morgan fingerprint density at radius 2 is 1.86 bits per heavy atom. The summed E-state index contributed by atoms with van der Waals surface area (Å²) >= 11 is 0.920. The molecule has 0 spiro atoms. The molecule has 0 aliphatic rings. The quantitative estimate of drug-likeness (QED) is 0.341. The molecule has 4 rings (SSSR count). The summed E-state index contributed by atoms with van der Waals surface area (Å²) in [5.74, 6) is 0.485. The molecule has 0 saturated heterocycles. The fourth-order valence-corrected chi connectivity index (χ4v) is 3.55. The van der Waals surface area contributed by atoms with Gasteiger partial charge in [-0.25, -0.2) is 9.97 Å². The molecular weight excluding hydrogens is 405 g/mol. The van der Waals surface area contributed by atoms with Gasteiger partial charge in [0.25, 0.3) is 5.69 Å². The van der Waals surface area contributed by atoms with E-state index < -0.39 is 16.7 Å². The second-order valence-electron chi connectivity index (χ2n) is 6.03. The molecule has 0 amide bonds. The zero-order valence-corrected chi connectivity index (χ0v) is 15.3. The molecule has 4 aromatic rings. The van der Waals surface area contributed by atoms with E-state index >= 15 is 0 Å². The Morgan fingerprint density at radius 1 is 1.07 bits per heavy atom. The van der Waals surface area contributed by atoms with Crippen molar-refractivity contribution in [3.8, 4) is 11.4 Å². The molecular formula is C19H11F3N4O2S. The zero-order chi connectivity index (χ0) is 20.6. The van der Waals surface area contributed by atoms with Crippen molar-refractivity contribution in [2.45, 2.75) is 16.1 Å². The summed E-state index contributed by atoms with van der Waals surface area (Å²) in [4.78, 5) is 22.6. The minimum Gasteiger partial charge on any atom is -0.338 e. The van der Waals surface area contributed by atoms with Crippen molar-refractivity contribution in [3.05, 3.63) is 76.5 Å². The number of H-pyrrole nitrogens is 1. The number of alkyl halides is 3. The SMILES string of the molecule is O=[N+]([O-])c1cc(-c2nc3ccccc3[nH]2)ccc1Sc1ccc(C(F)(F)F)cn1. The highest BCUT2D eigenvalue weighted by Gasteiger charge is 2.30. The number of rotatable bonds is 4. The van der Waals surface area contributed by atoms with Crippen LogP contribution >= 0.6 is 11.8 Å². The molecule has 10 heteroatoms. The molecule has 2 aromatic carbocycles. The Bertz CT molecular complexity index is 1170. The highest BCUT2D eigenvalue weighted by atomic mass is 32.2. The molecule has 0 saturated carbocycles. The molecule has 2 aromatic heterocycles. The Morgan fingerprint density at radius 3 is 2.52 bits per heavy atom. The maximum Gasteiger partial charge on any atom is 0.417 e. The molecule has 1 N–H and O–H groups in total. The van der Waals surface area contributed by atoms with Gasteiger partial charge in [-0.1, -0.05) is 23.9 Å². The number of imidazole rings is 1. The molecule has 29 heavy (non-hydrogen) atoms. The number of hydrogen-bond donors (Lipinski definition) is 1. The van der Waals surface area contributed by atoms with Crippen molar-refractivity contribution in [3.63, 3.8) is 0 Å². The summed E-state index contributed by atoms with van der Waals surface area (Å²) < 4.78 is 38.0. The largest absolute Gasteiger partial charge is 0.417 e. The molecule has 0 unspecified atom stereocenters. The van der Waals surface area contributed by atoms with Crippen molar-refractivity contribution in [2.24, 2.45) is 0 Å². The van der Waals surface area contributed by atoms with Crippen LogP contribution in [0, 0.1) is 10.1 Å². The highest BCUT2D eigenvalue weighted by molar-refractivity contribution is 7.99. The second kappa shape index (κ2) is 7.21. The monoisotopic (exact) mass is 416 g/mol. The number of para-hydroxylation sites is 2. The van der Waals surface area contributed by atoms with E-state index in [9.17, 15) is 23.3 Å². The molecule has 0 fully saturated rings. The summed E-state index contributed by atoms with van der Waals surface area (Å²) in [7, 11) is 0. The van der Waals surface area contributed by atoms with Crippen LogP contribution in [-0.4, -0.2) is 19.9 Å². The lowest BCUT2D eigenvalue weighted by Gasteiger charge is -2.07. The third-order valence-electron chi connectivity index (χ3n) is 4.10. The normalized spacial score (nSPS) is 11.7. The molecule has 0 aliphatic carbocycles. The first-order valence-electron chi connectivity index (χ1n) is 8.26. The van der Waals surface area contributed by atoms with Gasteiger partial charge in [0.05, 0.1) is 26.4 Å². The van der Waals surface area contributed by atoms with E-state index in [1.165, 1.54) is 18.2 Å². The molecule has 146 valence electrons. The zero-order valence-electron chi connectivity index (χ0n) is 14.5. The maximum absolute atomic E-state index is 12.7. The van der Waals surface area contributed by atoms with Crippen LogP contribution in [-0.2, 0) is 6.18 Å². The van der Waals surface area contributed by atoms with Crippen molar-refractivity contribution in [1.82, 2.24) is 15.0 Å². The predicted octanol–water partition coefficient (Wildman–Crippen LogP) is 5.70. The number of nitro groups is 1. The first-order chi connectivity index (χ1) is 13.8. The van der Waals surface area contributed by atoms with Crippen molar-refractivity contribution in [1.29, 1.82) is 0 Å². The van der Waals surface area contributed by atoms with Crippen LogP contribution in [0.3, 0.4) is 0 Å². The van der Waals surface area contributed by atoms with Crippen molar-refractivity contribution in [2.75, 3.05) is 0 Å². The molecule has 0 bridgehead atoms. The van der Waals surface area contributed by atoms with Crippen molar-refractivity contribution >= 4 is 28.5 Å². The fourth-order valence-electron chi connectivity index (χ4n) is 2.70. The smallest absolute Gasteiger partial charge is 0.338 e. The number of nitrogens with zero attached hydrogens (tertiary/aromatic N) is 3. The van der Waals surface area contributed by atoms with Gasteiger partial charge >= 0.3 is 6.18 Å². The summed E-state index contributed by atoms with van der Waals surface area (Å²) in [6.07, 6.45) is -3.78. The number of pyridine rings is 1. The Labute approximate surface area is 166 Å². The molecule has 0 radical (unpaired) electrons. The summed E-state index contributed by atoms with van der Waals surface area (Å²) in [5.41, 5.74) is 0.999. The van der Waals surface area contributed by atoms with Gasteiger partial charge in [0.1, 0.15) is 10.9 Å². The van der Waals surface area contributed by atoms with Gasteiger partial charge in [0, 0.05) is 17.8 Å². The van der Waals surface area contributed by atoms with E-state index in [0.717, 1.165) is 28.9 Å². The van der Waals surface area contributed by atoms with Gasteiger partial charge < -0.3 is 4.98 Å². The van der Waals surface area contributed by atoms with E-state index in [1.54, 1.807) is 6.07 Å². The van der Waals surface area contributed by atoms with Crippen LogP contribution in [0.2, 0.25) is 0 Å². The van der Waals surface area contributed by atoms with Crippen LogP contribution in [0.4, 0.5) is 18.9 Å². The first-order valence-corrected chi connectivity index (χ1v) is 9.07. The number of aromatic nitrogens is 3. The van der Waals surface area contributed by atoms with E-state index in [1.807, 2.05) is 24.3 Å². The Balaban J connectivity index is 1.67. The lowest BCUT2D eigenvalue weighted by molar-refractivity contribution is -0.387. The number of nitrogens with one attached hydrogen (secondary N) is 1. The minimum atomic E-state index is -4.49. The number of fused-ring (bicyclic) bond motifs is 1. The summed E-state index contributed by atoms with van der Waals surface area (Å²) in [5, 5.41) is 11.8. The highest BCUT2D eigenvalue weighted by Crippen LogP contribution is 2.37. The lowest BCUT2D eigenvalue weighted by Crippen LogP contribution is -2.05. The van der Waals surface area contributed by atoms with E-state index in [0.29, 0.717) is 17.6 Å². The van der Waals surface area contributed by atoms with Crippen LogP contribution < -0.4 is 0 Å².